The number of nitrogens with zero attached hydrogens (tertiary/aromatic N) is 3. The number of rotatable bonds is 9. The fourth-order valence-corrected chi connectivity index (χ4v) is 2.46. The van der Waals surface area contributed by atoms with Crippen LogP contribution in [0.15, 0.2) is 28.8 Å². The van der Waals surface area contributed by atoms with Gasteiger partial charge in [-0.05, 0) is 38.9 Å². The molecule has 0 amide bonds. The van der Waals surface area contributed by atoms with Gasteiger partial charge in [0.05, 0.1) is 13.7 Å². The molecular formula is C18H27N3O2. The maximum absolute atomic E-state index is 5.44. The van der Waals surface area contributed by atoms with E-state index in [1.54, 1.807) is 7.11 Å². The van der Waals surface area contributed by atoms with Crippen LogP contribution >= 0.6 is 0 Å². The van der Waals surface area contributed by atoms with Crippen molar-refractivity contribution in [1.82, 2.24) is 15.0 Å². The Bertz CT molecular complexity index is 595. The molecule has 0 fully saturated rings. The van der Waals surface area contributed by atoms with Gasteiger partial charge in [-0.1, -0.05) is 37.1 Å². The van der Waals surface area contributed by atoms with Gasteiger partial charge in [0.1, 0.15) is 5.75 Å². The average Bonchev–Trinajstić information content (AvgIpc) is 3.02. The molecule has 0 bridgehead atoms. The van der Waals surface area contributed by atoms with Crippen molar-refractivity contribution in [2.24, 2.45) is 0 Å². The SMILES string of the molecule is CCCCCN(Cc1nc(-c2cccc(OC)c2)no1)C(C)C. The van der Waals surface area contributed by atoms with Crippen LogP contribution in [0.25, 0.3) is 11.4 Å². The second kappa shape index (κ2) is 8.67. The zero-order valence-corrected chi connectivity index (χ0v) is 14.6. The number of ether oxygens (including phenoxy) is 1. The van der Waals surface area contributed by atoms with Crippen LogP contribution < -0.4 is 4.74 Å². The van der Waals surface area contributed by atoms with Crippen LogP contribution in [0.3, 0.4) is 0 Å². The summed E-state index contributed by atoms with van der Waals surface area (Å²) < 4.78 is 10.7. The van der Waals surface area contributed by atoms with Gasteiger partial charge >= 0.3 is 0 Å². The summed E-state index contributed by atoms with van der Waals surface area (Å²) in [6.07, 6.45) is 3.68. The van der Waals surface area contributed by atoms with Crippen LogP contribution in [0.5, 0.6) is 5.75 Å². The fourth-order valence-electron chi connectivity index (χ4n) is 2.46. The molecule has 0 saturated heterocycles. The number of methoxy groups -OCH3 is 1. The molecule has 0 saturated carbocycles. The predicted octanol–water partition coefficient (Wildman–Crippen LogP) is 4.15. The molecule has 0 spiro atoms. The smallest absolute Gasteiger partial charge is 0.241 e. The maximum Gasteiger partial charge on any atom is 0.241 e. The van der Waals surface area contributed by atoms with E-state index in [4.69, 9.17) is 9.26 Å². The molecule has 23 heavy (non-hydrogen) atoms. The van der Waals surface area contributed by atoms with Gasteiger partial charge in [-0.3, -0.25) is 4.90 Å². The summed E-state index contributed by atoms with van der Waals surface area (Å²) in [5.74, 6) is 2.06. The van der Waals surface area contributed by atoms with Crippen molar-refractivity contribution < 1.29 is 9.26 Å². The average molecular weight is 317 g/mol. The lowest BCUT2D eigenvalue weighted by Gasteiger charge is -2.24. The van der Waals surface area contributed by atoms with E-state index in [0.717, 1.165) is 17.9 Å². The first-order chi connectivity index (χ1) is 11.1. The van der Waals surface area contributed by atoms with Crippen LogP contribution in [0, 0.1) is 0 Å². The van der Waals surface area contributed by atoms with Crippen molar-refractivity contribution in [2.75, 3.05) is 13.7 Å². The molecule has 5 nitrogen and oxygen atoms in total. The molecule has 0 atom stereocenters. The van der Waals surface area contributed by atoms with E-state index in [1.807, 2.05) is 24.3 Å². The zero-order valence-electron chi connectivity index (χ0n) is 14.6. The summed E-state index contributed by atoms with van der Waals surface area (Å²) in [6, 6.07) is 8.15. The third-order valence-corrected chi connectivity index (χ3v) is 3.91. The molecule has 1 aromatic carbocycles. The van der Waals surface area contributed by atoms with Crippen molar-refractivity contribution in [3.05, 3.63) is 30.2 Å². The van der Waals surface area contributed by atoms with Gasteiger partial charge in [-0.2, -0.15) is 4.98 Å². The highest BCUT2D eigenvalue weighted by Crippen LogP contribution is 2.21. The lowest BCUT2D eigenvalue weighted by atomic mass is 10.2. The lowest BCUT2D eigenvalue weighted by Crippen LogP contribution is -2.31. The first-order valence-electron chi connectivity index (χ1n) is 8.35. The Balaban J connectivity index is 2.05. The lowest BCUT2D eigenvalue weighted by molar-refractivity contribution is 0.181. The monoisotopic (exact) mass is 317 g/mol. The molecule has 5 heteroatoms. The second-order valence-corrected chi connectivity index (χ2v) is 6.02. The Morgan fingerprint density at radius 3 is 2.78 bits per heavy atom. The van der Waals surface area contributed by atoms with E-state index in [0.29, 0.717) is 24.3 Å². The standard InChI is InChI=1S/C18H27N3O2/c1-5-6-7-11-21(14(2)3)13-17-19-18(20-23-17)15-9-8-10-16(12-15)22-4/h8-10,12,14H,5-7,11,13H2,1-4H3. The van der Waals surface area contributed by atoms with Crippen LogP contribution in [0.2, 0.25) is 0 Å². The molecule has 1 heterocycles. The zero-order chi connectivity index (χ0) is 16.7. The molecule has 2 aromatic rings. The highest BCUT2D eigenvalue weighted by molar-refractivity contribution is 5.56. The van der Waals surface area contributed by atoms with Crippen molar-refractivity contribution >= 4 is 0 Å². The van der Waals surface area contributed by atoms with Crippen molar-refractivity contribution in [2.45, 2.75) is 52.6 Å². The van der Waals surface area contributed by atoms with Crippen molar-refractivity contribution in [1.29, 1.82) is 0 Å². The maximum atomic E-state index is 5.44. The highest BCUT2D eigenvalue weighted by atomic mass is 16.5. The summed E-state index contributed by atoms with van der Waals surface area (Å²) >= 11 is 0. The molecule has 0 aliphatic carbocycles. The molecule has 0 N–H and O–H groups in total. The van der Waals surface area contributed by atoms with Crippen molar-refractivity contribution in [3.8, 4) is 17.1 Å². The minimum atomic E-state index is 0.457. The molecule has 0 aliphatic rings. The van der Waals surface area contributed by atoms with E-state index in [9.17, 15) is 0 Å². The highest BCUT2D eigenvalue weighted by Gasteiger charge is 2.15. The van der Waals surface area contributed by atoms with Crippen LogP contribution in [0.4, 0.5) is 0 Å². The van der Waals surface area contributed by atoms with Crippen LogP contribution in [-0.2, 0) is 6.54 Å². The third kappa shape index (κ3) is 5.06. The fraction of sp³-hybridized carbons (Fsp3) is 0.556. The van der Waals surface area contributed by atoms with E-state index in [-0.39, 0.29) is 0 Å². The largest absolute Gasteiger partial charge is 0.497 e. The van der Waals surface area contributed by atoms with E-state index < -0.39 is 0 Å². The summed E-state index contributed by atoms with van der Waals surface area (Å²) in [7, 11) is 1.65. The topological polar surface area (TPSA) is 51.4 Å². The van der Waals surface area contributed by atoms with Gasteiger partial charge in [0.25, 0.3) is 0 Å². The quantitative estimate of drug-likeness (QED) is 0.650. The Hall–Kier alpha value is -1.88. The Morgan fingerprint density at radius 1 is 1.26 bits per heavy atom. The van der Waals surface area contributed by atoms with Gasteiger partial charge < -0.3 is 9.26 Å². The number of hydrogen-bond donors (Lipinski definition) is 0. The number of benzene rings is 1. The van der Waals surface area contributed by atoms with E-state index in [2.05, 4.69) is 35.8 Å². The third-order valence-electron chi connectivity index (χ3n) is 3.91. The molecule has 2 rings (SSSR count). The van der Waals surface area contributed by atoms with Gasteiger partial charge in [0, 0.05) is 11.6 Å². The summed E-state index contributed by atoms with van der Waals surface area (Å²) in [6.45, 7) is 8.37. The summed E-state index contributed by atoms with van der Waals surface area (Å²) in [5, 5.41) is 4.10. The van der Waals surface area contributed by atoms with Gasteiger partial charge in [-0.25, -0.2) is 0 Å². The first-order valence-corrected chi connectivity index (χ1v) is 8.35. The second-order valence-electron chi connectivity index (χ2n) is 6.02. The first kappa shape index (κ1) is 17.5. The molecule has 0 aliphatic heterocycles. The number of hydrogen-bond acceptors (Lipinski definition) is 5. The Morgan fingerprint density at radius 2 is 2.09 bits per heavy atom. The van der Waals surface area contributed by atoms with Gasteiger partial charge in [-0.15, -0.1) is 0 Å². The van der Waals surface area contributed by atoms with E-state index in [1.165, 1.54) is 19.3 Å². The van der Waals surface area contributed by atoms with Crippen LogP contribution in [-0.4, -0.2) is 34.7 Å². The summed E-state index contributed by atoms with van der Waals surface area (Å²) in [5.41, 5.74) is 0.904. The van der Waals surface area contributed by atoms with Crippen molar-refractivity contribution in [3.63, 3.8) is 0 Å². The number of unbranched alkanes of at least 4 members (excludes halogenated alkanes) is 2. The normalized spacial score (nSPS) is 11.4. The molecule has 126 valence electrons. The molecular weight excluding hydrogens is 290 g/mol. The molecule has 0 unspecified atom stereocenters. The molecule has 1 aromatic heterocycles. The minimum Gasteiger partial charge on any atom is -0.497 e. The Labute approximate surface area is 138 Å². The minimum absolute atomic E-state index is 0.457. The van der Waals surface area contributed by atoms with Gasteiger partial charge in [0.2, 0.25) is 11.7 Å². The van der Waals surface area contributed by atoms with E-state index >= 15 is 0 Å². The Kier molecular flexibility index (Phi) is 6.59. The predicted molar refractivity (Wildman–Crippen MR) is 91.4 cm³/mol. The summed E-state index contributed by atoms with van der Waals surface area (Å²) in [4.78, 5) is 6.90. The molecule has 0 radical (unpaired) electrons. The van der Waals surface area contributed by atoms with Crippen LogP contribution in [0.1, 0.15) is 45.9 Å². The number of aromatic nitrogens is 2. The van der Waals surface area contributed by atoms with Gasteiger partial charge in [0.15, 0.2) is 0 Å².